The minimum absolute atomic E-state index is 0.231. The molecule has 0 radical (unpaired) electrons. The highest BCUT2D eigenvalue weighted by Gasteiger charge is 2.21. The van der Waals surface area contributed by atoms with Crippen LogP contribution in [0.4, 0.5) is 5.69 Å². The van der Waals surface area contributed by atoms with Crippen LogP contribution in [0.5, 0.6) is 11.5 Å². The molecule has 3 rings (SSSR count). The van der Waals surface area contributed by atoms with Gasteiger partial charge in [0.2, 0.25) is 0 Å². The Kier molecular flexibility index (Phi) is 6.49. The Hall–Kier alpha value is -3.06. The van der Waals surface area contributed by atoms with Crippen molar-refractivity contribution in [3.05, 3.63) is 58.8 Å². The molecule has 2 aromatic carbocycles. The summed E-state index contributed by atoms with van der Waals surface area (Å²) in [6.45, 7) is 5.47. The van der Waals surface area contributed by atoms with E-state index in [1.54, 1.807) is 18.2 Å². The molecule has 1 aliphatic rings. The van der Waals surface area contributed by atoms with Crippen molar-refractivity contribution in [3.63, 3.8) is 0 Å². The number of nitrogens with one attached hydrogen (secondary N) is 1. The summed E-state index contributed by atoms with van der Waals surface area (Å²) >= 11 is 0. The van der Waals surface area contributed by atoms with E-state index in [0.717, 1.165) is 24.1 Å². The Morgan fingerprint density at radius 3 is 2.68 bits per heavy atom. The number of hydrogen-bond acceptors (Lipinski definition) is 6. The Morgan fingerprint density at radius 1 is 1.14 bits per heavy atom. The lowest BCUT2D eigenvalue weighted by molar-refractivity contribution is 0.0751. The van der Waals surface area contributed by atoms with Crippen molar-refractivity contribution < 1.29 is 14.3 Å². The third-order valence-corrected chi connectivity index (χ3v) is 4.36. The fourth-order valence-corrected chi connectivity index (χ4v) is 3.09. The summed E-state index contributed by atoms with van der Waals surface area (Å²) in [7, 11) is 0. The number of benzene rings is 2. The van der Waals surface area contributed by atoms with E-state index in [9.17, 15) is 10.0 Å². The van der Waals surface area contributed by atoms with Gasteiger partial charge in [-0.15, -0.1) is 0 Å². The maximum absolute atomic E-state index is 12.8. The van der Waals surface area contributed by atoms with E-state index < -0.39 is 0 Å². The zero-order valence-electron chi connectivity index (χ0n) is 16.1. The molecule has 0 spiro atoms. The minimum Gasteiger partial charge on any atom is -0.761 e. The number of rotatable bonds is 7. The average molecular weight is 382 g/mol. The SMILES string of the molecule is CCOc1ccc(C2=NN(C(=O)c3cccc(N[O-])c3)CCC2)cc1OCC. The van der Waals surface area contributed by atoms with Crippen LogP contribution in [0.1, 0.15) is 42.6 Å². The molecule has 0 fully saturated rings. The molecule has 0 bridgehead atoms. The summed E-state index contributed by atoms with van der Waals surface area (Å²) in [5.74, 6) is 1.13. The highest BCUT2D eigenvalue weighted by atomic mass is 16.5. The van der Waals surface area contributed by atoms with Gasteiger partial charge < -0.3 is 20.2 Å². The van der Waals surface area contributed by atoms with Crippen LogP contribution in [0.15, 0.2) is 47.6 Å². The zero-order valence-corrected chi connectivity index (χ0v) is 16.1. The summed E-state index contributed by atoms with van der Waals surface area (Å²) in [6, 6.07) is 12.2. The van der Waals surface area contributed by atoms with Crippen LogP contribution < -0.4 is 15.0 Å². The number of carbonyl (C=O) groups is 1. The molecule has 0 saturated heterocycles. The quantitative estimate of drug-likeness (QED) is 0.731. The van der Waals surface area contributed by atoms with Gasteiger partial charge in [-0.25, -0.2) is 5.01 Å². The van der Waals surface area contributed by atoms with E-state index in [0.29, 0.717) is 42.5 Å². The van der Waals surface area contributed by atoms with Gasteiger partial charge >= 0.3 is 0 Å². The molecule has 28 heavy (non-hydrogen) atoms. The van der Waals surface area contributed by atoms with Crippen LogP contribution in [-0.2, 0) is 0 Å². The zero-order chi connectivity index (χ0) is 19.9. The molecule has 148 valence electrons. The van der Waals surface area contributed by atoms with E-state index in [1.807, 2.05) is 37.5 Å². The Balaban J connectivity index is 1.87. The fraction of sp³-hybridized carbons (Fsp3) is 0.333. The minimum atomic E-state index is -0.231. The molecule has 1 amide bonds. The second-order valence-electron chi connectivity index (χ2n) is 6.29. The monoisotopic (exact) mass is 382 g/mol. The maximum atomic E-state index is 12.8. The van der Waals surface area contributed by atoms with Crippen molar-refractivity contribution in [2.75, 3.05) is 25.2 Å². The average Bonchev–Trinajstić information content (AvgIpc) is 2.75. The molecule has 0 saturated carbocycles. The number of ether oxygens (including phenoxy) is 2. The van der Waals surface area contributed by atoms with Crippen molar-refractivity contribution >= 4 is 17.3 Å². The number of carbonyl (C=O) groups excluding carboxylic acids is 1. The molecule has 1 heterocycles. The first-order valence-electron chi connectivity index (χ1n) is 9.43. The highest BCUT2D eigenvalue weighted by Crippen LogP contribution is 2.30. The highest BCUT2D eigenvalue weighted by molar-refractivity contribution is 6.03. The van der Waals surface area contributed by atoms with Gasteiger partial charge in [0.05, 0.1) is 18.9 Å². The molecule has 7 nitrogen and oxygen atoms in total. The summed E-state index contributed by atoms with van der Waals surface area (Å²) in [4.78, 5) is 12.8. The molecule has 7 heteroatoms. The molecule has 0 aromatic heterocycles. The summed E-state index contributed by atoms with van der Waals surface area (Å²) in [5.41, 5.74) is 4.31. The van der Waals surface area contributed by atoms with Crippen LogP contribution >= 0.6 is 0 Å². The largest absolute Gasteiger partial charge is 0.761 e. The Labute approximate surface area is 164 Å². The molecule has 0 aliphatic carbocycles. The van der Waals surface area contributed by atoms with Crippen molar-refractivity contribution in [2.24, 2.45) is 5.10 Å². The molecular formula is C21H24N3O4-. The lowest BCUT2D eigenvalue weighted by atomic mass is 10.0. The third-order valence-electron chi connectivity index (χ3n) is 4.36. The number of anilines is 1. The second-order valence-corrected chi connectivity index (χ2v) is 6.29. The molecule has 1 aliphatic heterocycles. The van der Waals surface area contributed by atoms with Crippen molar-refractivity contribution in [1.29, 1.82) is 0 Å². The van der Waals surface area contributed by atoms with E-state index in [2.05, 4.69) is 5.10 Å². The molecular weight excluding hydrogens is 358 g/mol. The number of hydrogen-bond donors (Lipinski definition) is 1. The van der Waals surface area contributed by atoms with Gasteiger partial charge in [0.15, 0.2) is 11.5 Å². The lowest BCUT2D eigenvalue weighted by Crippen LogP contribution is -2.32. The fourth-order valence-electron chi connectivity index (χ4n) is 3.09. The summed E-state index contributed by atoms with van der Waals surface area (Å²) < 4.78 is 11.3. The molecule has 0 unspecified atom stereocenters. The van der Waals surface area contributed by atoms with Gasteiger partial charge in [-0.05, 0) is 63.1 Å². The van der Waals surface area contributed by atoms with E-state index >= 15 is 0 Å². The van der Waals surface area contributed by atoms with Gasteiger partial charge in [0, 0.05) is 23.4 Å². The normalized spacial score (nSPS) is 13.7. The van der Waals surface area contributed by atoms with E-state index in [4.69, 9.17) is 9.47 Å². The van der Waals surface area contributed by atoms with Crippen LogP contribution in [0.25, 0.3) is 0 Å². The van der Waals surface area contributed by atoms with E-state index in [1.165, 1.54) is 11.1 Å². The van der Waals surface area contributed by atoms with Gasteiger partial charge in [-0.1, -0.05) is 6.07 Å². The summed E-state index contributed by atoms with van der Waals surface area (Å²) in [5, 5.41) is 16.9. The molecule has 1 N–H and O–H groups in total. The van der Waals surface area contributed by atoms with Crippen molar-refractivity contribution in [2.45, 2.75) is 26.7 Å². The third kappa shape index (κ3) is 4.43. The Bertz CT molecular complexity index is 866. The number of amides is 1. The number of hydrazone groups is 1. The first-order valence-corrected chi connectivity index (χ1v) is 9.43. The van der Waals surface area contributed by atoms with Gasteiger partial charge in [-0.3, -0.25) is 4.79 Å². The van der Waals surface area contributed by atoms with Crippen LogP contribution in [0.3, 0.4) is 0 Å². The predicted molar refractivity (Wildman–Crippen MR) is 109 cm³/mol. The smallest absolute Gasteiger partial charge is 0.274 e. The first kappa shape index (κ1) is 19.7. The topological polar surface area (TPSA) is 86.2 Å². The van der Waals surface area contributed by atoms with Crippen LogP contribution in [0, 0.1) is 5.21 Å². The first-order chi connectivity index (χ1) is 13.7. The van der Waals surface area contributed by atoms with Crippen molar-refractivity contribution in [3.8, 4) is 11.5 Å². The van der Waals surface area contributed by atoms with E-state index in [-0.39, 0.29) is 5.91 Å². The van der Waals surface area contributed by atoms with Gasteiger partial charge in [0.25, 0.3) is 5.91 Å². The van der Waals surface area contributed by atoms with Crippen LogP contribution in [-0.4, -0.2) is 36.4 Å². The standard InChI is InChI=1S/C21H24N3O4/c1-3-27-19-11-10-15(14-20(19)28-4-2)18-9-6-12-24(22-18)21(25)16-7-5-8-17(13-16)23-26/h5,7-8,10-11,13-14,23H,3-4,6,9,12H2,1-2H3/q-1. The number of nitrogens with zero attached hydrogens (tertiary/aromatic N) is 2. The molecule has 0 atom stereocenters. The lowest BCUT2D eigenvalue weighted by Gasteiger charge is -2.24. The summed E-state index contributed by atoms with van der Waals surface area (Å²) in [6.07, 6.45) is 1.58. The van der Waals surface area contributed by atoms with Gasteiger partial charge in [0.1, 0.15) is 0 Å². The second kappa shape index (κ2) is 9.23. The maximum Gasteiger partial charge on any atom is 0.274 e. The Morgan fingerprint density at radius 2 is 1.93 bits per heavy atom. The van der Waals surface area contributed by atoms with Crippen LogP contribution in [0.2, 0.25) is 0 Å². The van der Waals surface area contributed by atoms with Crippen molar-refractivity contribution in [1.82, 2.24) is 5.01 Å². The van der Waals surface area contributed by atoms with Gasteiger partial charge in [-0.2, -0.15) is 5.10 Å². The predicted octanol–water partition coefficient (Wildman–Crippen LogP) is 4.03. The molecule has 2 aromatic rings.